The van der Waals surface area contributed by atoms with Gasteiger partial charge in [0, 0.05) is 50.0 Å². The van der Waals surface area contributed by atoms with Gasteiger partial charge in [-0.25, -0.2) is 23.2 Å². The molecule has 0 aliphatic carbocycles. The predicted molar refractivity (Wildman–Crippen MR) is 139 cm³/mol. The van der Waals surface area contributed by atoms with Gasteiger partial charge in [0.05, 0.1) is 4.90 Å². The van der Waals surface area contributed by atoms with Gasteiger partial charge >= 0.3 is 6.09 Å². The molecule has 2 atom stereocenters. The van der Waals surface area contributed by atoms with Crippen molar-refractivity contribution in [3.8, 4) is 5.88 Å². The molecule has 1 aromatic heterocycles. The summed E-state index contributed by atoms with van der Waals surface area (Å²) < 4.78 is 35.5. The summed E-state index contributed by atoms with van der Waals surface area (Å²) in [6, 6.07) is 16.6. The van der Waals surface area contributed by atoms with Crippen LogP contribution in [0.1, 0.15) is 30.9 Å². The fourth-order valence-corrected chi connectivity index (χ4v) is 5.54. The molecule has 1 saturated heterocycles. The highest BCUT2D eigenvalue weighted by atomic mass is 32.2. The lowest BCUT2D eigenvalue weighted by molar-refractivity contribution is 0.0386. The van der Waals surface area contributed by atoms with Crippen molar-refractivity contribution in [1.82, 2.24) is 14.9 Å². The number of likely N-dealkylation sites (tertiary alicyclic amines) is 1. The number of hydrogen-bond acceptors (Lipinski definition) is 8. The van der Waals surface area contributed by atoms with Crippen molar-refractivity contribution in [1.29, 1.82) is 0 Å². The highest BCUT2D eigenvalue weighted by Gasteiger charge is 2.31. The Morgan fingerprint density at radius 1 is 1.08 bits per heavy atom. The van der Waals surface area contributed by atoms with E-state index in [1.165, 1.54) is 12.6 Å². The summed E-state index contributed by atoms with van der Waals surface area (Å²) >= 11 is 0. The average molecular weight is 523 g/mol. The van der Waals surface area contributed by atoms with E-state index in [0.717, 1.165) is 23.2 Å². The molecule has 0 N–H and O–H groups in total. The number of anilines is 2. The van der Waals surface area contributed by atoms with E-state index < -0.39 is 9.84 Å². The van der Waals surface area contributed by atoms with E-state index in [2.05, 4.69) is 9.97 Å². The summed E-state index contributed by atoms with van der Waals surface area (Å²) in [5.74, 6) is 1.18. The molecule has 0 bridgehead atoms. The van der Waals surface area contributed by atoms with Gasteiger partial charge < -0.3 is 19.3 Å². The number of carbonyl (C=O) groups excluding carboxylic acids is 1. The largest absolute Gasteiger partial charge is 0.474 e. The third-order valence-corrected chi connectivity index (χ3v) is 7.94. The predicted octanol–water partition coefficient (Wildman–Crippen LogP) is 4.14. The van der Waals surface area contributed by atoms with Crippen LogP contribution in [0.5, 0.6) is 5.88 Å². The maximum absolute atomic E-state index is 12.6. The fraction of sp³-hybridized carbons (Fsp3) is 0.370. The van der Waals surface area contributed by atoms with Crippen molar-refractivity contribution in [2.75, 3.05) is 24.2 Å². The molecule has 3 aromatic rings. The number of hydrogen-bond donors (Lipinski definition) is 0. The molecule has 0 unspecified atom stereocenters. The maximum atomic E-state index is 12.6. The summed E-state index contributed by atoms with van der Waals surface area (Å²) in [4.78, 5) is 25.5. The molecular formula is C27H30N4O5S. The molecule has 2 aliphatic heterocycles. The third kappa shape index (κ3) is 5.69. The van der Waals surface area contributed by atoms with Crippen molar-refractivity contribution >= 4 is 27.4 Å². The lowest BCUT2D eigenvalue weighted by atomic mass is 10.0. The molecule has 194 valence electrons. The first-order valence-electron chi connectivity index (χ1n) is 12.3. The van der Waals surface area contributed by atoms with E-state index in [0.29, 0.717) is 42.5 Å². The number of rotatable bonds is 6. The Hall–Kier alpha value is -3.66. The highest BCUT2D eigenvalue weighted by molar-refractivity contribution is 7.90. The van der Waals surface area contributed by atoms with Gasteiger partial charge in [-0.1, -0.05) is 30.3 Å². The van der Waals surface area contributed by atoms with E-state index in [1.807, 2.05) is 54.3 Å². The van der Waals surface area contributed by atoms with Gasteiger partial charge in [0.1, 0.15) is 24.9 Å². The van der Waals surface area contributed by atoms with E-state index in [9.17, 15) is 13.2 Å². The number of sulfone groups is 1. The number of carbonyl (C=O) groups is 1. The molecule has 5 rings (SSSR count). The van der Waals surface area contributed by atoms with Crippen LogP contribution in [0.3, 0.4) is 0 Å². The second-order valence-corrected chi connectivity index (χ2v) is 11.5. The molecule has 9 nitrogen and oxygen atoms in total. The van der Waals surface area contributed by atoms with Crippen molar-refractivity contribution in [2.45, 2.75) is 49.8 Å². The first-order valence-corrected chi connectivity index (χ1v) is 14.2. The van der Waals surface area contributed by atoms with Crippen molar-refractivity contribution in [3.63, 3.8) is 0 Å². The zero-order valence-corrected chi connectivity index (χ0v) is 21.7. The number of amides is 1. The van der Waals surface area contributed by atoms with Crippen molar-refractivity contribution in [3.05, 3.63) is 72.1 Å². The van der Waals surface area contributed by atoms with E-state index in [-0.39, 0.29) is 24.8 Å². The number of nitrogens with zero attached hydrogens (tertiary/aromatic N) is 4. The summed E-state index contributed by atoms with van der Waals surface area (Å²) in [6.45, 7) is 3.48. The zero-order valence-electron chi connectivity index (χ0n) is 20.9. The number of ether oxygens (including phenoxy) is 2. The van der Waals surface area contributed by atoms with Gasteiger partial charge in [0.2, 0.25) is 5.88 Å². The summed E-state index contributed by atoms with van der Waals surface area (Å²) in [6.07, 6.45) is 4.37. The van der Waals surface area contributed by atoms with Crippen LogP contribution in [0.15, 0.2) is 65.8 Å². The minimum absolute atomic E-state index is 0.0298. The van der Waals surface area contributed by atoms with E-state index >= 15 is 0 Å². The SMILES string of the molecule is C[C@@H]1C[C@H](Oc2cc(N3CCc4cc(S(C)(=O)=O)ccc43)ncn2)CCN1C(=O)OCc1ccccc1. The molecule has 2 aliphatic rings. The smallest absolute Gasteiger partial charge is 0.410 e. The molecule has 0 radical (unpaired) electrons. The van der Waals surface area contributed by atoms with Crippen molar-refractivity contribution in [2.24, 2.45) is 0 Å². The van der Waals surface area contributed by atoms with Crippen LogP contribution in [-0.2, 0) is 27.6 Å². The Balaban J connectivity index is 1.20. The molecule has 1 fully saturated rings. The minimum atomic E-state index is -3.26. The lowest BCUT2D eigenvalue weighted by Gasteiger charge is -2.36. The van der Waals surface area contributed by atoms with Crippen LogP contribution >= 0.6 is 0 Å². The number of benzene rings is 2. The van der Waals surface area contributed by atoms with Gasteiger partial charge in [-0.05, 0) is 42.7 Å². The fourth-order valence-electron chi connectivity index (χ4n) is 4.87. The van der Waals surface area contributed by atoms with Crippen LogP contribution < -0.4 is 9.64 Å². The monoisotopic (exact) mass is 522 g/mol. The third-order valence-electron chi connectivity index (χ3n) is 6.83. The molecule has 10 heteroatoms. The minimum Gasteiger partial charge on any atom is -0.474 e. The van der Waals surface area contributed by atoms with Crippen LogP contribution in [0.25, 0.3) is 0 Å². The van der Waals surface area contributed by atoms with Crippen LogP contribution in [0, 0.1) is 0 Å². The Morgan fingerprint density at radius 3 is 2.65 bits per heavy atom. The standard InChI is InChI=1S/C27H30N4O5S/c1-19-14-22(11-13-30(19)27(32)35-17-20-6-4-3-5-7-20)36-26-16-25(28-18-29-26)31-12-10-21-15-23(37(2,33)34)8-9-24(21)31/h3-9,15-16,18-19,22H,10-14,17H2,1-2H3/t19-,22-/m1/s1. The van der Waals surface area contributed by atoms with E-state index in [1.54, 1.807) is 17.0 Å². The maximum Gasteiger partial charge on any atom is 0.410 e. The molecular weight excluding hydrogens is 492 g/mol. The summed E-state index contributed by atoms with van der Waals surface area (Å²) in [5, 5.41) is 0. The summed E-state index contributed by atoms with van der Waals surface area (Å²) in [5.41, 5.74) is 2.87. The normalized spacial score (nSPS) is 19.4. The topological polar surface area (TPSA) is 102 Å². The number of aromatic nitrogens is 2. The van der Waals surface area contributed by atoms with Crippen LogP contribution in [-0.4, -0.2) is 60.9 Å². The van der Waals surface area contributed by atoms with Crippen molar-refractivity contribution < 1.29 is 22.7 Å². The van der Waals surface area contributed by atoms with E-state index in [4.69, 9.17) is 9.47 Å². The molecule has 1 amide bonds. The van der Waals surface area contributed by atoms with Gasteiger partial charge in [0.15, 0.2) is 9.84 Å². The van der Waals surface area contributed by atoms with Gasteiger partial charge in [0.25, 0.3) is 0 Å². The molecule has 3 heterocycles. The Bertz CT molecular complexity index is 1380. The van der Waals surface area contributed by atoms with Gasteiger partial charge in [-0.15, -0.1) is 0 Å². The second kappa shape index (κ2) is 10.4. The number of piperidine rings is 1. The Kier molecular flexibility index (Phi) is 7.01. The molecule has 0 saturated carbocycles. The lowest BCUT2D eigenvalue weighted by Crippen LogP contribution is -2.47. The first-order chi connectivity index (χ1) is 17.8. The Labute approximate surface area is 217 Å². The highest BCUT2D eigenvalue weighted by Crippen LogP contribution is 2.36. The summed E-state index contributed by atoms with van der Waals surface area (Å²) in [7, 11) is -3.26. The average Bonchev–Trinajstić information content (AvgIpc) is 3.31. The van der Waals surface area contributed by atoms with Crippen LogP contribution in [0.4, 0.5) is 16.3 Å². The molecule has 2 aromatic carbocycles. The first kappa shape index (κ1) is 25.0. The molecule has 0 spiro atoms. The zero-order chi connectivity index (χ0) is 26.0. The number of fused-ring (bicyclic) bond motifs is 1. The Morgan fingerprint density at radius 2 is 1.89 bits per heavy atom. The second-order valence-electron chi connectivity index (χ2n) is 9.53. The van der Waals surface area contributed by atoms with Gasteiger partial charge in [-0.2, -0.15) is 0 Å². The van der Waals surface area contributed by atoms with Gasteiger partial charge in [-0.3, -0.25) is 0 Å². The quantitative estimate of drug-likeness (QED) is 0.476. The van der Waals surface area contributed by atoms with Crippen LogP contribution in [0.2, 0.25) is 0 Å². The molecule has 37 heavy (non-hydrogen) atoms.